The molecule has 18 heavy (non-hydrogen) atoms. The van der Waals surface area contributed by atoms with Gasteiger partial charge in [0.1, 0.15) is 0 Å². The molecule has 0 radical (unpaired) electrons. The van der Waals surface area contributed by atoms with Crippen LogP contribution >= 0.6 is 24.8 Å². The quantitative estimate of drug-likeness (QED) is 0.814. The number of amides is 1. The lowest BCUT2D eigenvalue weighted by atomic mass is 10.0. The van der Waals surface area contributed by atoms with Crippen molar-refractivity contribution in [3.63, 3.8) is 0 Å². The molecule has 5 nitrogen and oxygen atoms in total. The van der Waals surface area contributed by atoms with Crippen LogP contribution < -0.4 is 5.73 Å². The number of carbonyl (C=O) groups is 1. The molecule has 1 rings (SSSR count). The molecule has 1 fully saturated rings. The van der Waals surface area contributed by atoms with Crippen LogP contribution in [0.2, 0.25) is 0 Å². The normalized spacial score (nSPS) is 16.8. The molecule has 0 aliphatic carbocycles. The van der Waals surface area contributed by atoms with E-state index in [4.69, 9.17) is 10.5 Å². The Morgan fingerprint density at radius 3 is 2.11 bits per heavy atom. The maximum atomic E-state index is 11.9. The number of carbonyl (C=O) groups excluding carboxylic acids is 1. The van der Waals surface area contributed by atoms with Gasteiger partial charge >= 0.3 is 0 Å². The first kappa shape index (κ1) is 20.3. The summed E-state index contributed by atoms with van der Waals surface area (Å²) in [5.74, 6) is 0.0406. The van der Waals surface area contributed by atoms with E-state index >= 15 is 0 Å². The van der Waals surface area contributed by atoms with Crippen molar-refractivity contribution in [2.45, 2.75) is 19.4 Å². The van der Waals surface area contributed by atoms with Crippen LogP contribution in [0.3, 0.4) is 0 Å². The Labute approximate surface area is 122 Å². The third-order valence-electron chi connectivity index (χ3n) is 2.82. The van der Waals surface area contributed by atoms with Gasteiger partial charge in [-0.1, -0.05) is 0 Å². The van der Waals surface area contributed by atoms with Crippen LogP contribution in [0.15, 0.2) is 0 Å². The molecule has 0 bridgehead atoms. The van der Waals surface area contributed by atoms with E-state index in [1.165, 1.54) is 0 Å². The Hall–Kier alpha value is -0.0700. The van der Waals surface area contributed by atoms with Gasteiger partial charge in [0, 0.05) is 39.8 Å². The Balaban J connectivity index is 0. The molecule has 0 aromatic carbocycles. The van der Waals surface area contributed by atoms with Crippen molar-refractivity contribution in [3.05, 3.63) is 0 Å². The molecule has 2 N–H and O–H groups in total. The summed E-state index contributed by atoms with van der Waals surface area (Å²) < 4.78 is 5.03. The Morgan fingerprint density at radius 1 is 1.22 bits per heavy atom. The molecule has 0 atom stereocenters. The molecule has 0 aromatic heterocycles. The van der Waals surface area contributed by atoms with Crippen molar-refractivity contribution >= 4 is 30.7 Å². The van der Waals surface area contributed by atoms with Gasteiger partial charge < -0.3 is 15.4 Å². The Kier molecular flexibility index (Phi) is 10.1. The van der Waals surface area contributed by atoms with Gasteiger partial charge in [-0.2, -0.15) is 0 Å². The van der Waals surface area contributed by atoms with E-state index in [2.05, 4.69) is 4.90 Å². The second-order valence-electron chi connectivity index (χ2n) is 4.85. The van der Waals surface area contributed by atoms with Crippen molar-refractivity contribution < 1.29 is 9.53 Å². The maximum absolute atomic E-state index is 11.9. The zero-order chi connectivity index (χ0) is 12.2. The molecule has 0 unspecified atom stereocenters. The monoisotopic (exact) mass is 301 g/mol. The van der Waals surface area contributed by atoms with Gasteiger partial charge in [0.05, 0.1) is 12.1 Å². The lowest BCUT2D eigenvalue weighted by Crippen LogP contribution is -2.57. The maximum Gasteiger partial charge on any atom is 0.242 e. The van der Waals surface area contributed by atoms with Crippen molar-refractivity contribution in [2.24, 2.45) is 5.73 Å². The first-order valence-corrected chi connectivity index (χ1v) is 5.74. The summed E-state index contributed by atoms with van der Waals surface area (Å²) in [4.78, 5) is 16.1. The van der Waals surface area contributed by atoms with E-state index in [1.54, 1.807) is 21.0 Å². The minimum Gasteiger partial charge on any atom is -0.383 e. The third kappa shape index (κ3) is 6.20. The molecule has 1 saturated heterocycles. The second-order valence-corrected chi connectivity index (χ2v) is 4.85. The minimum atomic E-state index is -0.755. The smallest absolute Gasteiger partial charge is 0.242 e. The molecule has 1 aliphatic heterocycles. The molecule has 7 heteroatoms. The van der Waals surface area contributed by atoms with Crippen LogP contribution in [-0.4, -0.2) is 67.7 Å². The fraction of sp³-hybridized carbons (Fsp3) is 0.909. The third-order valence-corrected chi connectivity index (χ3v) is 2.82. The van der Waals surface area contributed by atoms with Crippen molar-refractivity contribution in [3.8, 4) is 0 Å². The van der Waals surface area contributed by atoms with Gasteiger partial charge in [0.25, 0.3) is 0 Å². The summed E-state index contributed by atoms with van der Waals surface area (Å²) in [5.41, 5.74) is 5.04. The van der Waals surface area contributed by atoms with Gasteiger partial charge in [-0.3, -0.25) is 9.69 Å². The van der Waals surface area contributed by atoms with E-state index in [9.17, 15) is 4.79 Å². The van der Waals surface area contributed by atoms with E-state index in [1.807, 2.05) is 4.90 Å². The first-order chi connectivity index (χ1) is 7.45. The molecular weight excluding hydrogens is 277 g/mol. The number of piperazine rings is 1. The summed E-state index contributed by atoms with van der Waals surface area (Å²) in [6, 6.07) is 0. The lowest BCUT2D eigenvalue weighted by molar-refractivity contribution is -0.137. The zero-order valence-electron chi connectivity index (χ0n) is 11.3. The fourth-order valence-corrected chi connectivity index (χ4v) is 1.80. The molecule has 110 valence electrons. The van der Waals surface area contributed by atoms with Crippen molar-refractivity contribution in [1.29, 1.82) is 0 Å². The summed E-state index contributed by atoms with van der Waals surface area (Å²) >= 11 is 0. The summed E-state index contributed by atoms with van der Waals surface area (Å²) in [6.45, 7) is 8.54. The largest absolute Gasteiger partial charge is 0.383 e. The highest BCUT2D eigenvalue weighted by Crippen LogP contribution is 2.08. The highest BCUT2D eigenvalue weighted by molar-refractivity contribution is 5.86. The second kappa shape index (κ2) is 8.93. The molecule has 1 heterocycles. The number of methoxy groups -OCH3 is 1. The standard InChI is InChI=1S/C11H23N3O2.2ClH/c1-11(2,12)10(15)14-6-4-13(5-7-14)8-9-16-3;;/h4-9,12H2,1-3H3;2*1H. The lowest BCUT2D eigenvalue weighted by Gasteiger charge is -2.37. The first-order valence-electron chi connectivity index (χ1n) is 5.74. The van der Waals surface area contributed by atoms with Crippen LogP contribution in [0.25, 0.3) is 0 Å². The number of ether oxygens (including phenoxy) is 1. The average Bonchev–Trinajstić information content (AvgIpc) is 2.25. The summed E-state index contributed by atoms with van der Waals surface area (Å²) in [6.07, 6.45) is 0. The molecule has 0 spiro atoms. The van der Waals surface area contributed by atoms with E-state index in [-0.39, 0.29) is 30.7 Å². The highest BCUT2D eigenvalue weighted by Gasteiger charge is 2.29. The number of rotatable bonds is 4. The molecule has 0 aromatic rings. The minimum absolute atomic E-state index is 0. The van der Waals surface area contributed by atoms with E-state index in [0.717, 1.165) is 39.3 Å². The Morgan fingerprint density at radius 2 is 1.72 bits per heavy atom. The number of hydrogen-bond donors (Lipinski definition) is 1. The zero-order valence-corrected chi connectivity index (χ0v) is 13.0. The van der Waals surface area contributed by atoms with Crippen molar-refractivity contribution in [1.82, 2.24) is 9.80 Å². The van der Waals surface area contributed by atoms with Crippen LogP contribution in [0.4, 0.5) is 0 Å². The van der Waals surface area contributed by atoms with Gasteiger partial charge in [-0.15, -0.1) is 24.8 Å². The summed E-state index contributed by atoms with van der Waals surface area (Å²) in [5, 5.41) is 0. The summed E-state index contributed by atoms with van der Waals surface area (Å²) in [7, 11) is 1.71. The van der Waals surface area contributed by atoms with E-state index < -0.39 is 5.54 Å². The molecule has 1 amide bonds. The van der Waals surface area contributed by atoms with Crippen LogP contribution in [0.5, 0.6) is 0 Å². The SMILES string of the molecule is COCCN1CCN(C(=O)C(C)(C)N)CC1.Cl.Cl. The number of nitrogens with zero attached hydrogens (tertiary/aromatic N) is 2. The van der Waals surface area contributed by atoms with Crippen LogP contribution in [0, 0.1) is 0 Å². The van der Waals surface area contributed by atoms with Crippen molar-refractivity contribution in [2.75, 3.05) is 46.4 Å². The van der Waals surface area contributed by atoms with Gasteiger partial charge in [0.2, 0.25) is 5.91 Å². The topological polar surface area (TPSA) is 58.8 Å². The number of hydrogen-bond acceptors (Lipinski definition) is 4. The predicted octanol–water partition coefficient (Wildman–Crippen LogP) is 0.358. The predicted molar refractivity (Wildman–Crippen MR) is 77.7 cm³/mol. The fourth-order valence-electron chi connectivity index (χ4n) is 1.80. The number of nitrogens with two attached hydrogens (primary N) is 1. The molecule has 0 saturated carbocycles. The van der Waals surface area contributed by atoms with Gasteiger partial charge in [0.15, 0.2) is 0 Å². The molecular formula is C11H25Cl2N3O2. The van der Waals surface area contributed by atoms with Crippen LogP contribution in [-0.2, 0) is 9.53 Å². The van der Waals surface area contributed by atoms with Crippen LogP contribution in [0.1, 0.15) is 13.8 Å². The average molecular weight is 302 g/mol. The Bertz CT molecular complexity index is 239. The van der Waals surface area contributed by atoms with Gasteiger partial charge in [-0.25, -0.2) is 0 Å². The number of halogens is 2. The molecule has 1 aliphatic rings. The van der Waals surface area contributed by atoms with Gasteiger partial charge in [-0.05, 0) is 13.8 Å². The van der Waals surface area contributed by atoms with E-state index in [0.29, 0.717) is 0 Å². The highest BCUT2D eigenvalue weighted by atomic mass is 35.5.